The Morgan fingerprint density at radius 1 is 0.512 bits per heavy atom. The van der Waals surface area contributed by atoms with Gasteiger partial charge in [0.2, 0.25) is 0 Å². The molecule has 0 fully saturated rings. The van der Waals surface area contributed by atoms with Crippen molar-refractivity contribution in [1.29, 1.82) is 0 Å². The molecule has 0 aliphatic rings. The summed E-state index contributed by atoms with van der Waals surface area (Å²) in [5.74, 6) is -0.875. The highest BCUT2D eigenvalue weighted by molar-refractivity contribution is 7.46. The Morgan fingerprint density at radius 2 is 0.837 bits per heavy atom. The molecule has 8 nitrogen and oxygen atoms in total. The van der Waals surface area contributed by atoms with E-state index >= 15 is 0 Å². The lowest BCUT2D eigenvalue weighted by molar-refractivity contribution is -0.161. The molecule has 0 rings (SSSR count). The van der Waals surface area contributed by atoms with Gasteiger partial charge in [0, 0.05) is 12.8 Å². The maximum absolute atomic E-state index is 12.3. The normalized spacial score (nSPS) is 12.4. The Bertz CT molecular complexity index is 681. The Balaban J connectivity index is 3.96. The van der Waals surface area contributed by atoms with Gasteiger partial charge in [0.25, 0.3) is 0 Å². The van der Waals surface area contributed by atoms with Crippen LogP contribution in [0.25, 0.3) is 0 Å². The molecule has 0 aliphatic carbocycles. The van der Waals surface area contributed by atoms with Gasteiger partial charge in [0.05, 0.1) is 6.61 Å². The summed E-state index contributed by atoms with van der Waals surface area (Å²) in [6.07, 6.45) is 29.6. The number of esters is 2. The molecule has 0 saturated heterocycles. The van der Waals surface area contributed by atoms with Crippen LogP contribution in [0.4, 0.5) is 0 Å². The summed E-state index contributed by atoms with van der Waals surface area (Å²) in [4.78, 5) is 42.5. The lowest BCUT2D eigenvalue weighted by atomic mass is 10.0. The maximum atomic E-state index is 12.3. The fourth-order valence-electron chi connectivity index (χ4n) is 5.20. The van der Waals surface area contributed by atoms with Gasteiger partial charge in [-0.15, -0.1) is 0 Å². The molecule has 0 aromatic rings. The van der Waals surface area contributed by atoms with Crippen LogP contribution in [0.1, 0.15) is 187 Å². The van der Waals surface area contributed by atoms with Crippen LogP contribution in [0.3, 0.4) is 0 Å². The van der Waals surface area contributed by atoms with Gasteiger partial charge in [-0.2, -0.15) is 0 Å². The second-order valence-corrected chi connectivity index (χ2v) is 13.5. The molecule has 2 N–H and O–H groups in total. The third kappa shape index (κ3) is 33.8. The van der Waals surface area contributed by atoms with Crippen molar-refractivity contribution in [2.75, 3.05) is 13.2 Å². The molecule has 256 valence electrons. The molecular weight excluding hydrogens is 567 g/mol. The van der Waals surface area contributed by atoms with Crippen molar-refractivity contribution >= 4 is 19.8 Å². The number of unbranched alkanes of at least 4 members (excludes halogenated alkanes) is 23. The van der Waals surface area contributed by atoms with Crippen LogP contribution < -0.4 is 0 Å². The molecule has 0 aromatic carbocycles. The summed E-state index contributed by atoms with van der Waals surface area (Å²) < 4.78 is 26.2. The Morgan fingerprint density at radius 3 is 1.19 bits per heavy atom. The molecule has 0 bridgehead atoms. The number of rotatable bonds is 33. The van der Waals surface area contributed by atoms with E-state index in [9.17, 15) is 14.2 Å². The topological polar surface area (TPSA) is 119 Å². The Kier molecular flexibility index (Phi) is 30.4. The predicted molar refractivity (Wildman–Crippen MR) is 175 cm³/mol. The molecule has 0 aliphatic heterocycles. The highest BCUT2D eigenvalue weighted by Gasteiger charge is 2.22. The highest BCUT2D eigenvalue weighted by Crippen LogP contribution is 2.36. The number of carbonyl (C=O) groups is 2. The highest BCUT2D eigenvalue weighted by atomic mass is 31.2. The van der Waals surface area contributed by atoms with Crippen LogP contribution in [-0.2, 0) is 28.2 Å². The summed E-state index contributed by atoms with van der Waals surface area (Å²) in [5.41, 5.74) is 0. The summed E-state index contributed by atoms with van der Waals surface area (Å²) in [7, 11) is -4.74. The van der Waals surface area contributed by atoms with Gasteiger partial charge in [-0.05, 0) is 12.8 Å². The second-order valence-electron chi connectivity index (χ2n) is 12.2. The van der Waals surface area contributed by atoms with Gasteiger partial charge in [-0.25, -0.2) is 4.57 Å². The smallest absolute Gasteiger partial charge is 0.462 e. The lowest BCUT2D eigenvalue weighted by Gasteiger charge is -2.18. The zero-order valence-corrected chi connectivity index (χ0v) is 28.8. The number of hydrogen-bond donors (Lipinski definition) is 2. The molecule has 0 aromatic heterocycles. The number of hydrogen-bond acceptors (Lipinski definition) is 6. The van der Waals surface area contributed by atoms with Crippen LogP contribution in [0.5, 0.6) is 0 Å². The number of carbonyl (C=O) groups excluding carboxylic acids is 2. The van der Waals surface area contributed by atoms with Gasteiger partial charge >= 0.3 is 19.8 Å². The first-order chi connectivity index (χ1) is 20.8. The van der Waals surface area contributed by atoms with E-state index < -0.39 is 32.5 Å². The van der Waals surface area contributed by atoms with E-state index in [4.69, 9.17) is 19.3 Å². The summed E-state index contributed by atoms with van der Waals surface area (Å²) in [6, 6.07) is 0. The van der Waals surface area contributed by atoms with Crippen molar-refractivity contribution in [3.05, 3.63) is 0 Å². The molecule has 0 heterocycles. The van der Waals surface area contributed by atoms with Gasteiger partial charge in [0.1, 0.15) is 6.61 Å². The summed E-state index contributed by atoms with van der Waals surface area (Å²) in [6.45, 7) is 3.67. The molecule has 0 spiro atoms. The molecular formula is C34H67O8P. The minimum atomic E-state index is -4.74. The fourth-order valence-corrected chi connectivity index (χ4v) is 5.56. The van der Waals surface area contributed by atoms with E-state index in [0.29, 0.717) is 6.42 Å². The first kappa shape index (κ1) is 42.0. The van der Waals surface area contributed by atoms with Crippen LogP contribution in [0, 0.1) is 0 Å². The molecule has 1 atom stereocenters. The van der Waals surface area contributed by atoms with Gasteiger partial charge in [-0.1, -0.05) is 162 Å². The van der Waals surface area contributed by atoms with Crippen LogP contribution >= 0.6 is 7.82 Å². The number of ether oxygens (including phenoxy) is 2. The van der Waals surface area contributed by atoms with E-state index in [1.165, 1.54) is 122 Å². The third-order valence-electron chi connectivity index (χ3n) is 7.88. The first-order valence-corrected chi connectivity index (χ1v) is 19.4. The molecule has 9 heteroatoms. The SMILES string of the molecule is CCCCCCCCCCCCCCCC(=O)OC(COC(=O)CCCCCCCCCCCCCC)COP(=O)(O)O. The molecule has 1 unspecified atom stereocenters. The zero-order chi connectivity index (χ0) is 31.9. The van der Waals surface area contributed by atoms with Crippen molar-refractivity contribution < 1.29 is 37.9 Å². The summed E-state index contributed by atoms with van der Waals surface area (Å²) >= 11 is 0. The molecule has 0 radical (unpaired) electrons. The molecule has 0 amide bonds. The molecule has 0 saturated carbocycles. The average Bonchev–Trinajstić information content (AvgIpc) is 2.97. The quantitative estimate of drug-likeness (QED) is 0.0416. The van der Waals surface area contributed by atoms with Crippen LogP contribution in [0.2, 0.25) is 0 Å². The Labute approximate surface area is 264 Å². The van der Waals surface area contributed by atoms with Crippen LogP contribution in [0.15, 0.2) is 0 Å². The van der Waals surface area contributed by atoms with E-state index in [2.05, 4.69) is 18.4 Å². The predicted octanol–water partition coefficient (Wildman–Crippen LogP) is 10.1. The lowest BCUT2D eigenvalue weighted by Crippen LogP contribution is -2.29. The standard InChI is InChI=1S/C34H67O8P/c1-3-5-7-9-11-13-15-17-19-21-23-25-27-29-34(36)42-32(31-41-43(37,38)39)30-40-33(35)28-26-24-22-20-18-16-14-12-10-8-6-4-2/h32H,3-31H2,1-2H3,(H2,37,38,39). The third-order valence-corrected chi connectivity index (χ3v) is 8.36. The number of phosphoric ester groups is 1. The van der Waals surface area contributed by atoms with Crippen molar-refractivity contribution in [3.8, 4) is 0 Å². The van der Waals surface area contributed by atoms with E-state index in [1.54, 1.807) is 0 Å². The largest absolute Gasteiger partial charge is 0.469 e. The monoisotopic (exact) mass is 634 g/mol. The van der Waals surface area contributed by atoms with E-state index in [0.717, 1.165) is 32.1 Å². The van der Waals surface area contributed by atoms with Crippen molar-refractivity contribution in [2.24, 2.45) is 0 Å². The van der Waals surface area contributed by atoms with E-state index in [1.807, 2.05) is 0 Å². The van der Waals surface area contributed by atoms with E-state index in [-0.39, 0.29) is 19.4 Å². The second kappa shape index (κ2) is 31.0. The van der Waals surface area contributed by atoms with Gasteiger partial charge < -0.3 is 19.3 Å². The minimum absolute atomic E-state index is 0.219. The zero-order valence-electron chi connectivity index (χ0n) is 27.9. The van der Waals surface area contributed by atoms with Gasteiger partial charge in [0.15, 0.2) is 6.10 Å². The summed E-state index contributed by atoms with van der Waals surface area (Å²) in [5, 5.41) is 0. The van der Waals surface area contributed by atoms with Crippen LogP contribution in [-0.4, -0.2) is 41.0 Å². The maximum Gasteiger partial charge on any atom is 0.469 e. The average molecular weight is 635 g/mol. The Hall–Kier alpha value is -0.950. The van der Waals surface area contributed by atoms with Gasteiger partial charge in [-0.3, -0.25) is 14.1 Å². The van der Waals surface area contributed by atoms with Crippen molar-refractivity contribution in [1.82, 2.24) is 0 Å². The van der Waals surface area contributed by atoms with Crippen molar-refractivity contribution in [3.63, 3.8) is 0 Å². The van der Waals surface area contributed by atoms with Crippen molar-refractivity contribution in [2.45, 2.75) is 193 Å². The minimum Gasteiger partial charge on any atom is -0.462 e. The number of phosphoric acid groups is 1. The molecule has 43 heavy (non-hydrogen) atoms. The first-order valence-electron chi connectivity index (χ1n) is 17.8. The fraction of sp³-hybridized carbons (Fsp3) is 0.941.